The molecule has 0 saturated heterocycles. The molecular formula is C9H15NO2. The Balaban J connectivity index is 2.91. The Labute approximate surface area is 72.4 Å². The number of furan rings is 1. The van der Waals surface area contributed by atoms with E-state index in [-0.39, 0.29) is 12.6 Å². The second kappa shape index (κ2) is 3.74. The zero-order chi connectivity index (χ0) is 9.14. The lowest BCUT2D eigenvalue weighted by Crippen LogP contribution is -2.19. The van der Waals surface area contributed by atoms with E-state index in [2.05, 4.69) is 5.32 Å². The van der Waals surface area contributed by atoms with Crippen LogP contribution in [0, 0.1) is 13.8 Å². The number of hydrogen-bond donors (Lipinski definition) is 2. The summed E-state index contributed by atoms with van der Waals surface area (Å²) in [7, 11) is 1.82. The van der Waals surface area contributed by atoms with Crippen molar-refractivity contribution in [1.29, 1.82) is 0 Å². The highest BCUT2D eigenvalue weighted by Gasteiger charge is 2.13. The average molecular weight is 169 g/mol. The minimum Gasteiger partial charge on any atom is -0.466 e. The van der Waals surface area contributed by atoms with Gasteiger partial charge in [-0.05, 0) is 27.0 Å². The molecular weight excluding hydrogens is 154 g/mol. The van der Waals surface area contributed by atoms with Gasteiger partial charge in [-0.15, -0.1) is 0 Å². The summed E-state index contributed by atoms with van der Waals surface area (Å²) in [4.78, 5) is 0. The number of aliphatic hydroxyl groups excluding tert-OH is 1. The van der Waals surface area contributed by atoms with Crippen LogP contribution in [0.5, 0.6) is 0 Å². The fourth-order valence-corrected chi connectivity index (χ4v) is 1.34. The molecule has 1 heterocycles. The first-order chi connectivity index (χ1) is 5.69. The van der Waals surface area contributed by atoms with Gasteiger partial charge in [-0.2, -0.15) is 0 Å². The molecule has 0 bridgehead atoms. The van der Waals surface area contributed by atoms with Crippen LogP contribution in [0.1, 0.15) is 23.1 Å². The first-order valence-electron chi connectivity index (χ1n) is 4.04. The van der Waals surface area contributed by atoms with Crippen LogP contribution in [0.2, 0.25) is 0 Å². The molecule has 68 valence electrons. The molecule has 0 aliphatic heterocycles. The number of rotatable bonds is 3. The topological polar surface area (TPSA) is 45.4 Å². The van der Waals surface area contributed by atoms with Crippen LogP contribution in [0.3, 0.4) is 0 Å². The molecule has 0 saturated carbocycles. The number of aliphatic hydroxyl groups is 1. The van der Waals surface area contributed by atoms with Crippen LogP contribution in [-0.4, -0.2) is 18.8 Å². The lowest BCUT2D eigenvalue weighted by atomic mass is 10.1. The van der Waals surface area contributed by atoms with Gasteiger partial charge in [0.15, 0.2) is 0 Å². The Hall–Kier alpha value is -0.800. The van der Waals surface area contributed by atoms with Crippen molar-refractivity contribution < 1.29 is 9.52 Å². The lowest BCUT2D eigenvalue weighted by molar-refractivity contribution is 0.249. The third-order valence-electron chi connectivity index (χ3n) is 1.99. The SMILES string of the molecule is CNC(CO)c1cc(C)oc1C. The van der Waals surface area contributed by atoms with E-state index in [0.29, 0.717) is 0 Å². The van der Waals surface area contributed by atoms with Gasteiger partial charge in [-0.1, -0.05) is 0 Å². The summed E-state index contributed by atoms with van der Waals surface area (Å²) in [5.74, 6) is 1.76. The van der Waals surface area contributed by atoms with E-state index in [1.165, 1.54) is 0 Å². The fraction of sp³-hybridized carbons (Fsp3) is 0.556. The van der Waals surface area contributed by atoms with Gasteiger partial charge >= 0.3 is 0 Å². The number of nitrogens with one attached hydrogen (secondary N) is 1. The van der Waals surface area contributed by atoms with Gasteiger partial charge in [0.25, 0.3) is 0 Å². The Morgan fingerprint density at radius 2 is 2.25 bits per heavy atom. The van der Waals surface area contributed by atoms with Crippen molar-refractivity contribution in [2.24, 2.45) is 0 Å². The predicted molar refractivity (Wildman–Crippen MR) is 47.1 cm³/mol. The Kier molecular flexibility index (Phi) is 2.89. The van der Waals surface area contributed by atoms with Gasteiger partial charge in [0.05, 0.1) is 12.6 Å². The van der Waals surface area contributed by atoms with Gasteiger partial charge in [-0.3, -0.25) is 0 Å². The molecule has 0 aromatic carbocycles. The number of likely N-dealkylation sites (N-methyl/N-ethyl adjacent to an activating group) is 1. The predicted octanol–water partition coefficient (Wildman–Crippen LogP) is 1.15. The normalized spacial score (nSPS) is 13.3. The standard InChI is InChI=1S/C9H15NO2/c1-6-4-8(7(2)12-6)9(5-11)10-3/h4,9-11H,5H2,1-3H3. The Morgan fingerprint density at radius 1 is 1.58 bits per heavy atom. The zero-order valence-corrected chi connectivity index (χ0v) is 7.72. The molecule has 1 unspecified atom stereocenters. The second-order valence-corrected chi connectivity index (χ2v) is 2.89. The molecule has 1 atom stereocenters. The van der Waals surface area contributed by atoms with Gasteiger partial charge in [0.1, 0.15) is 11.5 Å². The van der Waals surface area contributed by atoms with E-state index >= 15 is 0 Å². The highest BCUT2D eigenvalue weighted by Crippen LogP contribution is 2.20. The highest BCUT2D eigenvalue weighted by atomic mass is 16.3. The molecule has 2 N–H and O–H groups in total. The molecule has 0 amide bonds. The van der Waals surface area contributed by atoms with E-state index in [9.17, 15) is 0 Å². The van der Waals surface area contributed by atoms with Crippen molar-refractivity contribution in [1.82, 2.24) is 5.32 Å². The molecule has 0 aliphatic rings. The molecule has 1 aromatic rings. The van der Waals surface area contributed by atoms with Crippen LogP contribution in [-0.2, 0) is 0 Å². The molecule has 0 fully saturated rings. The van der Waals surface area contributed by atoms with Crippen molar-refractivity contribution in [2.45, 2.75) is 19.9 Å². The van der Waals surface area contributed by atoms with Crippen LogP contribution < -0.4 is 5.32 Å². The van der Waals surface area contributed by atoms with E-state index in [4.69, 9.17) is 9.52 Å². The van der Waals surface area contributed by atoms with E-state index < -0.39 is 0 Å². The van der Waals surface area contributed by atoms with Gasteiger partial charge < -0.3 is 14.8 Å². The summed E-state index contributed by atoms with van der Waals surface area (Å²) in [6, 6.07) is 1.94. The first-order valence-corrected chi connectivity index (χ1v) is 4.04. The quantitative estimate of drug-likeness (QED) is 0.713. The maximum absolute atomic E-state index is 9.01. The van der Waals surface area contributed by atoms with Crippen molar-refractivity contribution in [2.75, 3.05) is 13.7 Å². The van der Waals surface area contributed by atoms with Gasteiger partial charge in [0.2, 0.25) is 0 Å². The first kappa shape index (κ1) is 9.29. The van der Waals surface area contributed by atoms with Crippen molar-refractivity contribution in [3.8, 4) is 0 Å². The Morgan fingerprint density at radius 3 is 2.58 bits per heavy atom. The monoisotopic (exact) mass is 169 g/mol. The van der Waals surface area contributed by atoms with Crippen LogP contribution >= 0.6 is 0 Å². The minimum atomic E-state index is -0.0116. The van der Waals surface area contributed by atoms with Crippen LogP contribution in [0.15, 0.2) is 10.5 Å². The molecule has 1 aromatic heterocycles. The zero-order valence-electron chi connectivity index (χ0n) is 7.72. The summed E-state index contributed by atoms with van der Waals surface area (Å²) < 4.78 is 5.35. The molecule has 1 rings (SSSR count). The average Bonchev–Trinajstić information content (AvgIpc) is 2.34. The largest absolute Gasteiger partial charge is 0.466 e. The number of aryl methyl sites for hydroxylation is 2. The minimum absolute atomic E-state index is 0.0116. The number of hydrogen-bond acceptors (Lipinski definition) is 3. The van der Waals surface area contributed by atoms with E-state index in [0.717, 1.165) is 17.1 Å². The summed E-state index contributed by atoms with van der Waals surface area (Å²) >= 11 is 0. The van der Waals surface area contributed by atoms with Crippen LogP contribution in [0.4, 0.5) is 0 Å². The molecule has 0 aliphatic carbocycles. The molecule has 3 heteroatoms. The maximum Gasteiger partial charge on any atom is 0.105 e. The van der Waals surface area contributed by atoms with Crippen molar-refractivity contribution >= 4 is 0 Å². The summed E-state index contributed by atoms with van der Waals surface area (Å²) in [6.45, 7) is 3.90. The third kappa shape index (κ3) is 1.68. The van der Waals surface area contributed by atoms with E-state index in [1.54, 1.807) is 0 Å². The lowest BCUT2D eigenvalue weighted by Gasteiger charge is -2.10. The Bertz CT molecular complexity index is 251. The molecule has 0 spiro atoms. The summed E-state index contributed by atoms with van der Waals surface area (Å²) in [5, 5.41) is 12.0. The van der Waals surface area contributed by atoms with Crippen LogP contribution in [0.25, 0.3) is 0 Å². The van der Waals surface area contributed by atoms with E-state index in [1.807, 2.05) is 27.0 Å². The summed E-state index contributed by atoms with van der Waals surface area (Å²) in [5.41, 5.74) is 1.04. The molecule has 0 radical (unpaired) electrons. The smallest absolute Gasteiger partial charge is 0.105 e. The summed E-state index contributed by atoms with van der Waals surface area (Å²) in [6.07, 6.45) is 0. The maximum atomic E-state index is 9.01. The van der Waals surface area contributed by atoms with Gasteiger partial charge in [-0.25, -0.2) is 0 Å². The fourth-order valence-electron chi connectivity index (χ4n) is 1.34. The van der Waals surface area contributed by atoms with Crippen molar-refractivity contribution in [3.05, 3.63) is 23.2 Å². The second-order valence-electron chi connectivity index (χ2n) is 2.89. The molecule has 12 heavy (non-hydrogen) atoms. The molecule has 3 nitrogen and oxygen atoms in total. The highest BCUT2D eigenvalue weighted by molar-refractivity contribution is 5.23. The third-order valence-corrected chi connectivity index (χ3v) is 1.99. The van der Waals surface area contributed by atoms with Crippen molar-refractivity contribution in [3.63, 3.8) is 0 Å². The van der Waals surface area contributed by atoms with Gasteiger partial charge in [0, 0.05) is 5.56 Å².